The second-order valence-electron chi connectivity index (χ2n) is 3.85. The zero-order valence-corrected chi connectivity index (χ0v) is 13.1. The van der Waals surface area contributed by atoms with Crippen molar-refractivity contribution in [3.63, 3.8) is 0 Å². The maximum absolute atomic E-state index is 12.2. The fraction of sp³-hybridized carbons (Fsp3) is 0.500. The highest BCUT2D eigenvalue weighted by atomic mass is 79.9. The van der Waals surface area contributed by atoms with Crippen LogP contribution in [0.5, 0.6) is 5.75 Å². The molecule has 1 rings (SSSR count). The summed E-state index contributed by atoms with van der Waals surface area (Å²) in [6.45, 7) is 2.55. The van der Waals surface area contributed by atoms with Crippen molar-refractivity contribution in [2.45, 2.75) is 24.7 Å². The van der Waals surface area contributed by atoms with Gasteiger partial charge < -0.3 is 9.84 Å². The van der Waals surface area contributed by atoms with E-state index in [4.69, 9.17) is 9.84 Å². The fourth-order valence-corrected chi connectivity index (χ4v) is 3.24. The van der Waals surface area contributed by atoms with Crippen molar-refractivity contribution in [2.75, 3.05) is 19.8 Å². The first-order chi connectivity index (χ1) is 9.01. The smallest absolute Gasteiger partial charge is 0.244 e. The van der Waals surface area contributed by atoms with Crippen LogP contribution in [0, 0.1) is 0 Å². The van der Waals surface area contributed by atoms with E-state index in [1.165, 1.54) is 6.07 Å². The molecule has 1 aromatic carbocycles. The van der Waals surface area contributed by atoms with Crippen LogP contribution >= 0.6 is 15.9 Å². The quantitative estimate of drug-likeness (QED) is 0.701. The minimum atomic E-state index is -3.60. The van der Waals surface area contributed by atoms with Gasteiger partial charge in [-0.25, -0.2) is 13.1 Å². The molecule has 0 saturated carbocycles. The summed E-state index contributed by atoms with van der Waals surface area (Å²) in [5, 5.41) is 8.66. The number of sulfonamides is 1. The van der Waals surface area contributed by atoms with E-state index < -0.39 is 10.0 Å². The molecule has 0 fully saturated rings. The third kappa shape index (κ3) is 5.10. The second kappa shape index (κ2) is 7.84. The Bertz CT molecular complexity index is 504. The number of aliphatic hydroxyl groups is 1. The number of unbranched alkanes of at least 4 members (excludes halogenated alkanes) is 1. The number of aliphatic hydroxyl groups excluding tert-OH is 1. The monoisotopic (exact) mass is 351 g/mol. The van der Waals surface area contributed by atoms with Gasteiger partial charge in [0.1, 0.15) is 10.6 Å². The van der Waals surface area contributed by atoms with Crippen LogP contribution in [0.25, 0.3) is 0 Å². The lowest BCUT2D eigenvalue weighted by Gasteiger charge is -2.12. The SMILES string of the molecule is CCOc1ccc(Br)cc1S(=O)(=O)NCCCCO. The van der Waals surface area contributed by atoms with Crippen LogP contribution in [0.2, 0.25) is 0 Å². The summed E-state index contributed by atoms with van der Waals surface area (Å²) < 4.78 is 32.8. The average Bonchev–Trinajstić information content (AvgIpc) is 2.37. The lowest BCUT2D eigenvalue weighted by atomic mass is 10.3. The number of hydrogen-bond donors (Lipinski definition) is 2. The van der Waals surface area contributed by atoms with E-state index >= 15 is 0 Å². The maximum atomic E-state index is 12.2. The van der Waals surface area contributed by atoms with E-state index in [0.717, 1.165) is 0 Å². The summed E-state index contributed by atoms with van der Waals surface area (Å²) in [6.07, 6.45) is 1.16. The number of benzene rings is 1. The number of nitrogens with one attached hydrogen (secondary N) is 1. The van der Waals surface area contributed by atoms with Gasteiger partial charge in [0, 0.05) is 17.6 Å². The van der Waals surface area contributed by atoms with Gasteiger partial charge in [-0.15, -0.1) is 0 Å². The van der Waals surface area contributed by atoms with Gasteiger partial charge >= 0.3 is 0 Å². The third-order valence-electron chi connectivity index (χ3n) is 2.37. The molecule has 1 aromatic rings. The molecule has 0 radical (unpaired) electrons. The lowest BCUT2D eigenvalue weighted by molar-refractivity contribution is 0.285. The Hall–Kier alpha value is -0.630. The number of hydrogen-bond acceptors (Lipinski definition) is 4. The van der Waals surface area contributed by atoms with E-state index in [-0.39, 0.29) is 11.5 Å². The van der Waals surface area contributed by atoms with Gasteiger partial charge in [-0.3, -0.25) is 0 Å². The summed E-state index contributed by atoms with van der Waals surface area (Å²) in [6, 6.07) is 4.87. The van der Waals surface area contributed by atoms with Crippen molar-refractivity contribution in [3.05, 3.63) is 22.7 Å². The fourth-order valence-electron chi connectivity index (χ4n) is 1.49. The van der Waals surface area contributed by atoms with E-state index in [1.54, 1.807) is 19.1 Å². The van der Waals surface area contributed by atoms with Crippen molar-refractivity contribution in [1.29, 1.82) is 0 Å². The second-order valence-corrected chi connectivity index (χ2v) is 6.50. The summed E-state index contributed by atoms with van der Waals surface area (Å²) in [7, 11) is -3.60. The standard InChI is InChI=1S/C12H18BrNO4S/c1-2-18-11-6-5-10(13)9-12(11)19(16,17)14-7-3-4-8-15/h5-6,9,14-15H,2-4,7-8H2,1H3. The Morgan fingerprint density at radius 2 is 2.11 bits per heavy atom. The molecule has 0 spiro atoms. The van der Waals surface area contributed by atoms with Crippen LogP contribution in [-0.2, 0) is 10.0 Å². The molecule has 5 nitrogen and oxygen atoms in total. The van der Waals surface area contributed by atoms with Gasteiger partial charge in [0.25, 0.3) is 0 Å². The summed E-state index contributed by atoms with van der Waals surface area (Å²) >= 11 is 3.25. The highest BCUT2D eigenvalue weighted by molar-refractivity contribution is 9.10. The van der Waals surface area contributed by atoms with E-state index in [1.807, 2.05) is 0 Å². The zero-order chi connectivity index (χ0) is 14.3. The van der Waals surface area contributed by atoms with Crippen LogP contribution in [0.1, 0.15) is 19.8 Å². The number of halogens is 1. The molecule has 0 aliphatic carbocycles. The Morgan fingerprint density at radius 1 is 1.37 bits per heavy atom. The predicted octanol–water partition coefficient (Wildman–Crippen LogP) is 1.90. The Balaban J connectivity index is 2.89. The van der Waals surface area contributed by atoms with Crippen LogP contribution in [-0.4, -0.2) is 33.3 Å². The van der Waals surface area contributed by atoms with Gasteiger partial charge in [0.05, 0.1) is 6.61 Å². The van der Waals surface area contributed by atoms with E-state index in [9.17, 15) is 8.42 Å². The van der Waals surface area contributed by atoms with Gasteiger partial charge in [0.2, 0.25) is 10.0 Å². The molecule has 0 amide bonds. The van der Waals surface area contributed by atoms with Crippen LogP contribution in [0.4, 0.5) is 0 Å². The normalized spacial score (nSPS) is 11.5. The molecule has 0 bridgehead atoms. The summed E-state index contributed by atoms with van der Waals surface area (Å²) in [5.74, 6) is 0.334. The number of rotatable bonds is 8. The molecular formula is C12H18BrNO4S. The van der Waals surface area contributed by atoms with E-state index in [2.05, 4.69) is 20.7 Å². The number of ether oxygens (including phenoxy) is 1. The minimum Gasteiger partial charge on any atom is -0.492 e. The Kier molecular flexibility index (Phi) is 6.78. The van der Waals surface area contributed by atoms with E-state index in [0.29, 0.717) is 36.2 Å². The molecule has 0 aromatic heterocycles. The van der Waals surface area contributed by atoms with Gasteiger partial charge in [-0.2, -0.15) is 0 Å². The molecule has 0 aliphatic heterocycles. The first-order valence-electron chi connectivity index (χ1n) is 6.04. The summed E-state index contributed by atoms with van der Waals surface area (Å²) in [4.78, 5) is 0.118. The average molecular weight is 352 g/mol. The molecule has 0 heterocycles. The van der Waals surface area contributed by atoms with Crippen LogP contribution in [0.3, 0.4) is 0 Å². The topological polar surface area (TPSA) is 75.6 Å². The first-order valence-corrected chi connectivity index (χ1v) is 8.31. The van der Waals surface area contributed by atoms with Gasteiger partial charge in [-0.1, -0.05) is 15.9 Å². The highest BCUT2D eigenvalue weighted by Gasteiger charge is 2.19. The maximum Gasteiger partial charge on any atom is 0.244 e. The lowest BCUT2D eigenvalue weighted by Crippen LogP contribution is -2.25. The minimum absolute atomic E-state index is 0.0583. The molecule has 0 atom stereocenters. The molecule has 108 valence electrons. The van der Waals surface area contributed by atoms with Crippen molar-refractivity contribution < 1.29 is 18.3 Å². The predicted molar refractivity (Wildman–Crippen MR) is 76.8 cm³/mol. The van der Waals surface area contributed by atoms with Crippen molar-refractivity contribution in [1.82, 2.24) is 4.72 Å². The van der Waals surface area contributed by atoms with Crippen LogP contribution in [0.15, 0.2) is 27.6 Å². The largest absolute Gasteiger partial charge is 0.492 e. The van der Waals surface area contributed by atoms with Crippen molar-refractivity contribution >= 4 is 26.0 Å². The first kappa shape index (κ1) is 16.4. The van der Waals surface area contributed by atoms with Crippen molar-refractivity contribution in [2.24, 2.45) is 0 Å². The molecule has 7 heteroatoms. The molecule has 0 saturated heterocycles. The molecule has 2 N–H and O–H groups in total. The molecule has 0 unspecified atom stereocenters. The molecular weight excluding hydrogens is 334 g/mol. The van der Waals surface area contributed by atoms with Crippen molar-refractivity contribution in [3.8, 4) is 5.75 Å². The molecule has 19 heavy (non-hydrogen) atoms. The molecule has 0 aliphatic rings. The summed E-state index contributed by atoms with van der Waals surface area (Å²) in [5.41, 5.74) is 0. The third-order valence-corrected chi connectivity index (χ3v) is 4.35. The van der Waals surface area contributed by atoms with Crippen LogP contribution < -0.4 is 9.46 Å². The highest BCUT2D eigenvalue weighted by Crippen LogP contribution is 2.27. The van der Waals surface area contributed by atoms with Gasteiger partial charge in [-0.05, 0) is 38.0 Å². The zero-order valence-electron chi connectivity index (χ0n) is 10.7. The Labute approximate surface area is 122 Å². The van der Waals surface area contributed by atoms with Gasteiger partial charge in [0.15, 0.2) is 0 Å². The Morgan fingerprint density at radius 3 is 2.74 bits per heavy atom.